The van der Waals surface area contributed by atoms with Crippen LogP contribution in [-0.4, -0.2) is 65.9 Å². The summed E-state index contributed by atoms with van der Waals surface area (Å²) in [5.41, 5.74) is 1.36. The Bertz CT molecular complexity index is 845. The number of carbonyl (C=O) groups excluding carboxylic acids is 1. The zero-order chi connectivity index (χ0) is 19.9. The van der Waals surface area contributed by atoms with E-state index < -0.39 is 0 Å². The largest absolute Gasteiger partial charge is 0.349 e. The lowest BCUT2D eigenvalue weighted by molar-refractivity contribution is 0.0947. The molecule has 0 aromatic carbocycles. The number of anilines is 2. The molecule has 0 bridgehead atoms. The van der Waals surface area contributed by atoms with E-state index in [0.29, 0.717) is 29.7 Å². The molecule has 3 rings (SSSR count). The number of likely N-dealkylation sites (N-methyl/N-ethyl adjacent to an activating group) is 1. The summed E-state index contributed by atoms with van der Waals surface area (Å²) in [5, 5.41) is 17.4. The third-order valence-corrected chi connectivity index (χ3v) is 5.32. The number of aromatic nitrogens is 2. The molecule has 1 saturated heterocycles. The maximum Gasteiger partial charge on any atom is 0.270 e. The van der Waals surface area contributed by atoms with Crippen LogP contribution >= 0.6 is 11.3 Å². The summed E-state index contributed by atoms with van der Waals surface area (Å²) < 4.78 is 0. The zero-order valence-corrected chi connectivity index (χ0v) is 17.0. The van der Waals surface area contributed by atoms with Crippen molar-refractivity contribution in [1.82, 2.24) is 25.1 Å². The number of nitrogens with one attached hydrogen (secondary N) is 2. The number of hydrogen-bond acceptors (Lipinski definition) is 8. The molecule has 8 nitrogen and oxygen atoms in total. The van der Waals surface area contributed by atoms with Gasteiger partial charge in [0, 0.05) is 18.5 Å². The van der Waals surface area contributed by atoms with Gasteiger partial charge < -0.3 is 15.5 Å². The number of thiazole rings is 1. The molecule has 148 valence electrons. The van der Waals surface area contributed by atoms with E-state index >= 15 is 0 Å². The second kappa shape index (κ2) is 9.59. The Morgan fingerprint density at radius 2 is 2.29 bits per heavy atom. The number of pyridine rings is 1. The van der Waals surface area contributed by atoms with Gasteiger partial charge in [-0.2, -0.15) is 5.26 Å². The van der Waals surface area contributed by atoms with Crippen LogP contribution in [0.5, 0.6) is 0 Å². The van der Waals surface area contributed by atoms with E-state index in [1.165, 1.54) is 11.3 Å². The number of nitriles is 1. The molecule has 0 unspecified atom stereocenters. The first-order valence-corrected chi connectivity index (χ1v) is 10.2. The second-order valence-corrected chi connectivity index (χ2v) is 7.81. The fourth-order valence-corrected chi connectivity index (χ4v) is 3.87. The minimum Gasteiger partial charge on any atom is -0.349 e. The standard InChI is InChI=1S/C19H25N7OS/c1-25(2)12-9-21-18(27)15-13-28-19(23-15)24-17-7-3-5-14(22-17)16-6-4-10-26(16)11-8-20/h3,5,7,13,16H,4,6,9-12H2,1-2H3,(H,21,27)(H,22,23,24)/t16-/m0/s1. The Hall–Kier alpha value is -2.54. The van der Waals surface area contributed by atoms with Crippen LogP contribution in [0.3, 0.4) is 0 Å². The van der Waals surface area contributed by atoms with E-state index in [-0.39, 0.29) is 11.9 Å². The number of hydrogen-bond donors (Lipinski definition) is 2. The lowest BCUT2D eigenvalue weighted by atomic mass is 10.1. The molecular formula is C19H25N7OS. The van der Waals surface area contributed by atoms with Gasteiger partial charge >= 0.3 is 0 Å². The van der Waals surface area contributed by atoms with Crippen molar-refractivity contribution in [1.29, 1.82) is 5.26 Å². The van der Waals surface area contributed by atoms with Crippen molar-refractivity contribution in [3.63, 3.8) is 0 Å². The molecule has 0 aliphatic carbocycles. The summed E-state index contributed by atoms with van der Waals surface area (Å²) >= 11 is 1.37. The first kappa shape index (κ1) is 20.2. The van der Waals surface area contributed by atoms with Crippen LogP contribution in [0.1, 0.15) is 35.1 Å². The van der Waals surface area contributed by atoms with Gasteiger partial charge in [0.25, 0.3) is 5.91 Å². The van der Waals surface area contributed by atoms with E-state index in [9.17, 15) is 4.79 Å². The normalized spacial score (nSPS) is 16.9. The SMILES string of the molecule is CN(C)CCNC(=O)c1csc(Nc2cccc([C@@H]3CCCN3CC#N)n2)n1. The van der Waals surface area contributed by atoms with Gasteiger partial charge in [0.1, 0.15) is 11.5 Å². The first-order chi connectivity index (χ1) is 13.6. The molecule has 2 aromatic heterocycles. The molecule has 1 aliphatic heterocycles. The number of amides is 1. The Kier molecular flexibility index (Phi) is 6.92. The van der Waals surface area contributed by atoms with Crippen LogP contribution in [0.25, 0.3) is 0 Å². The van der Waals surface area contributed by atoms with Crippen LogP contribution in [0.4, 0.5) is 10.9 Å². The minimum absolute atomic E-state index is 0.175. The van der Waals surface area contributed by atoms with Crippen molar-refractivity contribution >= 4 is 28.2 Å². The van der Waals surface area contributed by atoms with E-state index in [0.717, 1.165) is 31.6 Å². The maximum absolute atomic E-state index is 12.2. The van der Waals surface area contributed by atoms with Gasteiger partial charge in [-0.15, -0.1) is 11.3 Å². The highest BCUT2D eigenvalue weighted by Crippen LogP contribution is 2.31. The Balaban J connectivity index is 1.63. The Morgan fingerprint density at radius 3 is 3.07 bits per heavy atom. The summed E-state index contributed by atoms with van der Waals surface area (Å²) in [6, 6.07) is 8.24. The van der Waals surface area contributed by atoms with Crippen LogP contribution in [-0.2, 0) is 0 Å². The lowest BCUT2D eigenvalue weighted by Crippen LogP contribution is -2.31. The van der Waals surface area contributed by atoms with Gasteiger partial charge in [0.15, 0.2) is 5.13 Å². The summed E-state index contributed by atoms with van der Waals surface area (Å²) in [6.45, 7) is 2.71. The average Bonchev–Trinajstić information content (AvgIpc) is 3.31. The lowest BCUT2D eigenvalue weighted by Gasteiger charge is -2.21. The maximum atomic E-state index is 12.2. The van der Waals surface area contributed by atoms with E-state index in [2.05, 4.69) is 26.6 Å². The average molecular weight is 400 g/mol. The summed E-state index contributed by atoms with van der Waals surface area (Å²) in [4.78, 5) is 25.4. The predicted octanol–water partition coefficient (Wildman–Crippen LogP) is 2.23. The molecule has 2 aromatic rings. The van der Waals surface area contributed by atoms with Crippen LogP contribution in [0, 0.1) is 11.3 Å². The molecule has 2 N–H and O–H groups in total. The first-order valence-electron chi connectivity index (χ1n) is 9.30. The molecule has 0 saturated carbocycles. The van der Waals surface area contributed by atoms with Crippen molar-refractivity contribution in [3.8, 4) is 6.07 Å². The zero-order valence-electron chi connectivity index (χ0n) is 16.2. The van der Waals surface area contributed by atoms with Gasteiger partial charge in [-0.1, -0.05) is 6.07 Å². The topological polar surface area (TPSA) is 97.2 Å². The molecule has 1 atom stereocenters. The highest BCUT2D eigenvalue weighted by Gasteiger charge is 2.26. The molecule has 9 heteroatoms. The van der Waals surface area contributed by atoms with E-state index in [1.807, 2.05) is 37.2 Å². The second-order valence-electron chi connectivity index (χ2n) is 6.96. The Labute approximate surface area is 169 Å². The van der Waals surface area contributed by atoms with Crippen molar-refractivity contribution in [2.45, 2.75) is 18.9 Å². The molecule has 28 heavy (non-hydrogen) atoms. The number of likely N-dealkylation sites (tertiary alicyclic amines) is 1. The number of rotatable bonds is 8. The van der Waals surface area contributed by atoms with Gasteiger partial charge in [-0.05, 0) is 45.6 Å². The monoisotopic (exact) mass is 399 g/mol. The Morgan fingerprint density at radius 1 is 1.43 bits per heavy atom. The molecule has 0 spiro atoms. The fraction of sp³-hybridized carbons (Fsp3) is 0.474. The molecule has 1 fully saturated rings. The summed E-state index contributed by atoms with van der Waals surface area (Å²) in [7, 11) is 3.92. The van der Waals surface area contributed by atoms with Gasteiger partial charge in [0.05, 0.1) is 24.3 Å². The molecule has 1 amide bonds. The van der Waals surface area contributed by atoms with Crippen molar-refractivity contribution in [2.75, 3.05) is 45.6 Å². The van der Waals surface area contributed by atoms with Gasteiger partial charge in [0.2, 0.25) is 0 Å². The van der Waals surface area contributed by atoms with Crippen LogP contribution < -0.4 is 10.6 Å². The van der Waals surface area contributed by atoms with E-state index in [1.54, 1.807) is 5.38 Å². The third-order valence-electron chi connectivity index (χ3n) is 4.57. The van der Waals surface area contributed by atoms with Gasteiger partial charge in [-0.3, -0.25) is 9.69 Å². The highest BCUT2D eigenvalue weighted by molar-refractivity contribution is 7.14. The molecular weight excluding hydrogens is 374 g/mol. The smallest absolute Gasteiger partial charge is 0.270 e. The van der Waals surface area contributed by atoms with Crippen LogP contribution in [0.15, 0.2) is 23.6 Å². The van der Waals surface area contributed by atoms with E-state index in [4.69, 9.17) is 10.2 Å². The number of carbonyl (C=O) groups is 1. The predicted molar refractivity (Wildman–Crippen MR) is 110 cm³/mol. The molecule has 1 aliphatic rings. The minimum atomic E-state index is -0.175. The molecule has 0 radical (unpaired) electrons. The van der Waals surface area contributed by atoms with Crippen molar-refractivity contribution in [2.24, 2.45) is 0 Å². The highest BCUT2D eigenvalue weighted by atomic mass is 32.1. The summed E-state index contributed by atoms with van der Waals surface area (Å²) in [6.07, 6.45) is 2.08. The third kappa shape index (κ3) is 5.25. The quantitative estimate of drug-likeness (QED) is 0.657. The van der Waals surface area contributed by atoms with Crippen molar-refractivity contribution < 1.29 is 4.79 Å². The summed E-state index contributed by atoms with van der Waals surface area (Å²) in [5.74, 6) is 0.515. The fourth-order valence-electron chi connectivity index (χ4n) is 3.18. The van der Waals surface area contributed by atoms with Gasteiger partial charge in [-0.25, -0.2) is 9.97 Å². The van der Waals surface area contributed by atoms with Crippen molar-refractivity contribution in [3.05, 3.63) is 35.0 Å². The molecule has 3 heterocycles. The van der Waals surface area contributed by atoms with Crippen LogP contribution in [0.2, 0.25) is 0 Å². The number of nitrogens with zero attached hydrogens (tertiary/aromatic N) is 5.